The summed E-state index contributed by atoms with van der Waals surface area (Å²) in [5, 5.41) is 11.6. The van der Waals surface area contributed by atoms with Gasteiger partial charge in [0.1, 0.15) is 5.82 Å². The molecule has 0 fully saturated rings. The second-order valence-electron chi connectivity index (χ2n) is 7.81. The van der Waals surface area contributed by atoms with Gasteiger partial charge in [0.2, 0.25) is 0 Å². The third kappa shape index (κ3) is 6.30. The molecule has 2 rings (SSSR count). The van der Waals surface area contributed by atoms with E-state index in [1.165, 1.54) is 17.7 Å². The lowest BCUT2D eigenvalue weighted by Gasteiger charge is -2.37. The first kappa shape index (κ1) is 21.3. The Morgan fingerprint density at radius 3 is 2.33 bits per heavy atom. The van der Waals surface area contributed by atoms with Gasteiger partial charge in [-0.25, -0.2) is 4.39 Å². The van der Waals surface area contributed by atoms with Crippen LogP contribution >= 0.6 is 0 Å². The number of halogens is 1. The predicted octanol–water partition coefficient (Wildman–Crippen LogP) is 5.18. The first-order valence-electron chi connectivity index (χ1n) is 9.66. The molecule has 1 N–H and O–H groups in total. The molecule has 0 heterocycles. The van der Waals surface area contributed by atoms with E-state index in [-0.39, 0.29) is 11.7 Å². The molecule has 0 bridgehead atoms. The highest BCUT2D eigenvalue weighted by Gasteiger charge is 2.35. The van der Waals surface area contributed by atoms with Gasteiger partial charge in [0.25, 0.3) is 0 Å². The molecule has 2 aromatic rings. The number of benzene rings is 2. The number of nitrogens with zero attached hydrogens (tertiary/aromatic N) is 1. The van der Waals surface area contributed by atoms with E-state index in [1.54, 1.807) is 12.1 Å². The molecule has 0 aliphatic carbocycles. The lowest BCUT2D eigenvalue weighted by Crippen LogP contribution is -2.42. The molecule has 0 saturated heterocycles. The second-order valence-corrected chi connectivity index (χ2v) is 7.81. The standard InChI is InChI=1S/C24H32FNO/c1-19(17-22-12-14-23(25)15-13-22)24(27,20(2)18-26(3)4)16-8-11-21-9-6-5-7-10-21/h5-7,9-10,12-15,17,20,27H,8,11,16,18H2,1-4H3. The van der Waals surface area contributed by atoms with E-state index in [2.05, 4.69) is 36.1 Å². The van der Waals surface area contributed by atoms with Crippen molar-refractivity contribution >= 4 is 6.08 Å². The van der Waals surface area contributed by atoms with Gasteiger partial charge >= 0.3 is 0 Å². The minimum Gasteiger partial charge on any atom is -0.385 e. The fourth-order valence-corrected chi connectivity index (χ4v) is 3.67. The average molecular weight is 370 g/mol. The molecule has 0 spiro atoms. The number of aryl methyl sites for hydroxylation is 1. The Morgan fingerprint density at radius 2 is 1.74 bits per heavy atom. The molecule has 0 amide bonds. The maximum atomic E-state index is 13.2. The molecule has 0 aliphatic rings. The van der Waals surface area contributed by atoms with Crippen LogP contribution in [0.2, 0.25) is 0 Å². The third-order valence-corrected chi connectivity index (χ3v) is 5.26. The number of rotatable bonds is 9. The quantitative estimate of drug-likeness (QED) is 0.658. The Kier molecular flexibility index (Phi) is 7.76. The Labute approximate surface area is 163 Å². The van der Waals surface area contributed by atoms with E-state index in [1.807, 2.05) is 33.2 Å². The van der Waals surface area contributed by atoms with Gasteiger partial charge in [-0.2, -0.15) is 0 Å². The highest BCUT2D eigenvalue weighted by atomic mass is 19.1. The van der Waals surface area contributed by atoms with Crippen molar-refractivity contribution in [1.29, 1.82) is 0 Å². The fraction of sp³-hybridized carbons (Fsp3) is 0.417. The molecule has 0 aliphatic heterocycles. The van der Waals surface area contributed by atoms with Gasteiger partial charge in [0.15, 0.2) is 0 Å². The minimum absolute atomic E-state index is 0.0833. The van der Waals surface area contributed by atoms with E-state index < -0.39 is 5.60 Å². The molecular formula is C24H32FNO. The molecule has 3 heteroatoms. The van der Waals surface area contributed by atoms with Crippen molar-refractivity contribution in [3.63, 3.8) is 0 Å². The van der Waals surface area contributed by atoms with Gasteiger partial charge in [-0.1, -0.05) is 55.5 Å². The van der Waals surface area contributed by atoms with E-state index in [9.17, 15) is 9.50 Å². The zero-order chi connectivity index (χ0) is 19.9. The smallest absolute Gasteiger partial charge is 0.123 e. The summed E-state index contributed by atoms with van der Waals surface area (Å²) in [5.74, 6) is -0.163. The van der Waals surface area contributed by atoms with Crippen LogP contribution in [0, 0.1) is 11.7 Å². The van der Waals surface area contributed by atoms with Crippen LogP contribution < -0.4 is 0 Å². The molecule has 2 nitrogen and oxygen atoms in total. The van der Waals surface area contributed by atoms with Crippen LogP contribution in [-0.2, 0) is 6.42 Å². The van der Waals surface area contributed by atoms with Crippen LogP contribution in [0.5, 0.6) is 0 Å². The molecule has 0 radical (unpaired) electrons. The third-order valence-electron chi connectivity index (χ3n) is 5.26. The van der Waals surface area contributed by atoms with E-state index in [4.69, 9.17) is 0 Å². The van der Waals surface area contributed by atoms with Crippen LogP contribution in [0.25, 0.3) is 6.08 Å². The monoisotopic (exact) mass is 369 g/mol. The Balaban J connectivity index is 2.18. The van der Waals surface area contributed by atoms with Crippen molar-refractivity contribution in [1.82, 2.24) is 4.90 Å². The largest absolute Gasteiger partial charge is 0.385 e. The average Bonchev–Trinajstić information content (AvgIpc) is 2.63. The van der Waals surface area contributed by atoms with Gasteiger partial charge in [-0.15, -0.1) is 0 Å². The van der Waals surface area contributed by atoms with E-state index in [0.717, 1.165) is 30.5 Å². The van der Waals surface area contributed by atoms with Gasteiger partial charge in [0.05, 0.1) is 5.60 Å². The predicted molar refractivity (Wildman–Crippen MR) is 112 cm³/mol. The summed E-state index contributed by atoms with van der Waals surface area (Å²) >= 11 is 0. The lowest BCUT2D eigenvalue weighted by molar-refractivity contribution is 0.00550. The maximum Gasteiger partial charge on any atom is 0.123 e. The van der Waals surface area contributed by atoms with Crippen molar-refractivity contribution in [3.8, 4) is 0 Å². The summed E-state index contributed by atoms with van der Waals surface area (Å²) in [6.45, 7) is 4.89. The van der Waals surface area contributed by atoms with Crippen LogP contribution in [0.15, 0.2) is 60.2 Å². The van der Waals surface area contributed by atoms with Crippen LogP contribution in [0.1, 0.15) is 37.8 Å². The van der Waals surface area contributed by atoms with Gasteiger partial charge < -0.3 is 10.0 Å². The maximum absolute atomic E-state index is 13.2. The molecule has 0 aromatic heterocycles. The number of hydrogen-bond acceptors (Lipinski definition) is 2. The zero-order valence-electron chi connectivity index (χ0n) is 17.0. The van der Waals surface area contributed by atoms with Crippen LogP contribution in [0.4, 0.5) is 4.39 Å². The van der Waals surface area contributed by atoms with E-state index in [0.29, 0.717) is 6.42 Å². The zero-order valence-corrected chi connectivity index (χ0v) is 17.0. The van der Waals surface area contributed by atoms with Crippen molar-refractivity contribution < 1.29 is 9.50 Å². The van der Waals surface area contributed by atoms with Crippen molar-refractivity contribution in [3.05, 3.63) is 77.1 Å². The van der Waals surface area contributed by atoms with Crippen molar-refractivity contribution in [2.75, 3.05) is 20.6 Å². The summed E-state index contributed by atoms with van der Waals surface area (Å²) < 4.78 is 13.2. The molecule has 2 atom stereocenters. The molecule has 2 unspecified atom stereocenters. The first-order chi connectivity index (χ1) is 12.8. The summed E-state index contributed by atoms with van der Waals surface area (Å²) in [6.07, 6.45) is 4.53. The fourth-order valence-electron chi connectivity index (χ4n) is 3.67. The topological polar surface area (TPSA) is 23.5 Å². The summed E-state index contributed by atoms with van der Waals surface area (Å²) in [5.41, 5.74) is 2.23. The number of aliphatic hydroxyl groups is 1. The first-order valence-corrected chi connectivity index (χ1v) is 9.66. The normalized spacial score (nSPS) is 15.6. The SMILES string of the molecule is CC(=Cc1ccc(F)cc1)C(O)(CCCc1ccccc1)C(C)CN(C)C. The number of hydrogen-bond donors (Lipinski definition) is 1. The molecule has 146 valence electrons. The van der Waals surface area contributed by atoms with Crippen LogP contribution in [-0.4, -0.2) is 36.2 Å². The van der Waals surface area contributed by atoms with Gasteiger partial charge in [-0.05, 0) is 69.1 Å². The Morgan fingerprint density at radius 1 is 1.11 bits per heavy atom. The van der Waals surface area contributed by atoms with Gasteiger partial charge in [0, 0.05) is 12.5 Å². The molecule has 0 saturated carbocycles. The van der Waals surface area contributed by atoms with E-state index >= 15 is 0 Å². The Hall–Kier alpha value is -1.97. The molecular weight excluding hydrogens is 337 g/mol. The van der Waals surface area contributed by atoms with Gasteiger partial charge in [-0.3, -0.25) is 0 Å². The Bertz CT molecular complexity index is 724. The summed E-state index contributed by atoms with van der Waals surface area (Å²) in [4.78, 5) is 2.11. The van der Waals surface area contributed by atoms with Crippen molar-refractivity contribution in [2.45, 2.75) is 38.7 Å². The van der Waals surface area contributed by atoms with Crippen molar-refractivity contribution in [2.24, 2.45) is 5.92 Å². The van der Waals surface area contributed by atoms with Crippen LogP contribution in [0.3, 0.4) is 0 Å². The summed E-state index contributed by atoms with van der Waals surface area (Å²) in [6, 6.07) is 16.8. The lowest BCUT2D eigenvalue weighted by atomic mass is 9.77. The summed E-state index contributed by atoms with van der Waals surface area (Å²) in [7, 11) is 4.06. The minimum atomic E-state index is -0.895. The highest BCUT2D eigenvalue weighted by Crippen LogP contribution is 2.33. The second kappa shape index (κ2) is 9.82. The molecule has 27 heavy (non-hydrogen) atoms. The molecule has 2 aromatic carbocycles. The highest BCUT2D eigenvalue weighted by molar-refractivity contribution is 5.54.